The summed E-state index contributed by atoms with van der Waals surface area (Å²) in [5, 5.41) is 11.9. The molecule has 0 saturated heterocycles. The maximum absolute atomic E-state index is 12.5. The van der Waals surface area contributed by atoms with Crippen LogP contribution in [0.1, 0.15) is 49.2 Å². The SMILES string of the molecule is CC(OC(=O)OC(C)(C)C)C(NC(=O)c1ccc(C=CC=Cc2ccc(N)cc2)cc1)C(=O)O. The molecule has 34 heavy (non-hydrogen) atoms. The topological polar surface area (TPSA) is 128 Å². The van der Waals surface area contributed by atoms with Gasteiger partial charge in [-0.25, -0.2) is 9.59 Å². The highest BCUT2D eigenvalue weighted by Gasteiger charge is 2.31. The van der Waals surface area contributed by atoms with E-state index in [1.165, 1.54) is 6.92 Å². The molecule has 0 aliphatic heterocycles. The van der Waals surface area contributed by atoms with Gasteiger partial charge in [0.2, 0.25) is 0 Å². The number of benzene rings is 2. The Bertz CT molecular complexity index is 1050. The second-order valence-corrected chi connectivity index (χ2v) is 8.58. The number of allylic oxidation sites excluding steroid dienone is 2. The van der Waals surface area contributed by atoms with Crippen LogP contribution >= 0.6 is 0 Å². The van der Waals surface area contributed by atoms with Crippen molar-refractivity contribution in [1.82, 2.24) is 5.32 Å². The van der Waals surface area contributed by atoms with Gasteiger partial charge < -0.3 is 25.6 Å². The molecule has 2 atom stereocenters. The van der Waals surface area contributed by atoms with Crippen LogP contribution in [-0.4, -0.2) is 40.9 Å². The van der Waals surface area contributed by atoms with Gasteiger partial charge in [-0.1, -0.05) is 48.6 Å². The highest BCUT2D eigenvalue weighted by molar-refractivity contribution is 5.97. The number of carboxylic acid groups (broad SMARTS) is 1. The van der Waals surface area contributed by atoms with E-state index >= 15 is 0 Å². The normalized spacial score (nSPS) is 13.4. The molecule has 0 aliphatic carbocycles. The first-order valence-corrected chi connectivity index (χ1v) is 10.7. The van der Waals surface area contributed by atoms with Crippen molar-refractivity contribution >= 4 is 35.9 Å². The zero-order chi connectivity index (χ0) is 25.3. The first kappa shape index (κ1) is 26.2. The third kappa shape index (κ3) is 8.82. The van der Waals surface area contributed by atoms with Crippen LogP contribution in [0.5, 0.6) is 0 Å². The molecule has 2 rings (SSSR count). The third-order valence-electron chi connectivity index (χ3n) is 4.49. The van der Waals surface area contributed by atoms with Crippen LogP contribution in [0.3, 0.4) is 0 Å². The molecule has 0 heterocycles. The van der Waals surface area contributed by atoms with Crippen LogP contribution in [0, 0.1) is 0 Å². The van der Waals surface area contributed by atoms with Crippen molar-refractivity contribution in [2.24, 2.45) is 0 Å². The minimum atomic E-state index is -1.45. The van der Waals surface area contributed by atoms with Gasteiger partial charge in [-0.2, -0.15) is 0 Å². The average molecular weight is 467 g/mol. The number of carbonyl (C=O) groups is 3. The molecule has 0 aliphatic rings. The number of carbonyl (C=O) groups excluding carboxylic acids is 2. The lowest BCUT2D eigenvalue weighted by molar-refractivity contribution is -0.142. The van der Waals surface area contributed by atoms with Crippen LogP contribution in [0.2, 0.25) is 0 Å². The summed E-state index contributed by atoms with van der Waals surface area (Å²) in [4.78, 5) is 36.0. The Balaban J connectivity index is 1.96. The largest absolute Gasteiger partial charge is 0.509 e. The Hall–Kier alpha value is -4.07. The Morgan fingerprint density at radius 2 is 1.44 bits per heavy atom. The maximum atomic E-state index is 12.5. The van der Waals surface area contributed by atoms with Crippen LogP contribution < -0.4 is 11.1 Å². The van der Waals surface area contributed by atoms with Crippen LogP contribution in [0.4, 0.5) is 10.5 Å². The molecule has 2 aromatic rings. The van der Waals surface area contributed by atoms with Gasteiger partial charge in [-0.05, 0) is 63.1 Å². The Kier molecular flexibility index (Phi) is 9.01. The number of hydrogen-bond donors (Lipinski definition) is 3. The van der Waals surface area contributed by atoms with Gasteiger partial charge in [-0.15, -0.1) is 0 Å². The van der Waals surface area contributed by atoms with E-state index in [2.05, 4.69) is 5.32 Å². The summed E-state index contributed by atoms with van der Waals surface area (Å²) in [6.45, 7) is 6.34. The van der Waals surface area contributed by atoms with Gasteiger partial charge in [0, 0.05) is 11.3 Å². The number of amides is 1. The fourth-order valence-electron chi connectivity index (χ4n) is 2.78. The standard InChI is InChI=1S/C26H30N2O6/c1-17(33-25(32)34-26(2,3)4)22(24(30)31)28-23(29)20-13-9-18(10-14-20)7-5-6-8-19-11-15-21(27)16-12-19/h5-17,22H,27H2,1-4H3,(H,28,29)(H,30,31). The van der Waals surface area contributed by atoms with Crippen LogP contribution in [0.25, 0.3) is 12.2 Å². The minimum Gasteiger partial charge on any atom is -0.480 e. The lowest BCUT2D eigenvalue weighted by Crippen LogP contribution is -2.49. The minimum absolute atomic E-state index is 0.269. The van der Waals surface area contributed by atoms with Crippen LogP contribution in [0.15, 0.2) is 60.7 Å². The predicted octanol–water partition coefficient (Wildman–Crippen LogP) is 4.52. The molecule has 0 saturated carbocycles. The molecule has 8 heteroatoms. The second-order valence-electron chi connectivity index (χ2n) is 8.58. The van der Waals surface area contributed by atoms with Gasteiger partial charge in [0.1, 0.15) is 11.7 Å². The van der Waals surface area contributed by atoms with E-state index in [0.717, 1.165) is 11.1 Å². The number of nitrogens with one attached hydrogen (secondary N) is 1. The molecular formula is C26H30N2O6. The summed E-state index contributed by atoms with van der Waals surface area (Å²) < 4.78 is 10.0. The van der Waals surface area contributed by atoms with Crippen molar-refractivity contribution in [2.45, 2.75) is 45.4 Å². The molecule has 4 N–H and O–H groups in total. The molecule has 2 unspecified atom stereocenters. The van der Waals surface area contributed by atoms with E-state index in [9.17, 15) is 19.5 Å². The summed E-state index contributed by atoms with van der Waals surface area (Å²) in [5.74, 6) is -1.94. The van der Waals surface area contributed by atoms with Crippen molar-refractivity contribution in [2.75, 3.05) is 5.73 Å². The van der Waals surface area contributed by atoms with Crippen molar-refractivity contribution in [1.29, 1.82) is 0 Å². The number of hydrogen-bond acceptors (Lipinski definition) is 6. The van der Waals surface area contributed by atoms with E-state index in [0.29, 0.717) is 5.69 Å². The van der Waals surface area contributed by atoms with E-state index in [-0.39, 0.29) is 5.56 Å². The van der Waals surface area contributed by atoms with E-state index in [1.807, 2.05) is 48.6 Å². The second kappa shape index (κ2) is 11.7. The quantitative estimate of drug-likeness (QED) is 0.296. The summed E-state index contributed by atoms with van der Waals surface area (Å²) in [7, 11) is 0. The lowest BCUT2D eigenvalue weighted by Gasteiger charge is -2.24. The fraction of sp³-hybridized carbons (Fsp3) is 0.269. The Morgan fingerprint density at radius 3 is 1.91 bits per heavy atom. The molecule has 2 aromatic carbocycles. The van der Waals surface area contributed by atoms with Crippen LogP contribution in [-0.2, 0) is 14.3 Å². The summed E-state index contributed by atoms with van der Waals surface area (Å²) in [6, 6.07) is 12.7. The average Bonchev–Trinajstić information content (AvgIpc) is 2.74. The zero-order valence-electron chi connectivity index (χ0n) is 19.6. The number of carboxylic acids is 1. The molecule has 1 amide bonds. The van der Waals surface area contributed by atoms with E-state index < -0.39 is 35.8 Å². The van der Waals surface area contributed by atoms with Gasteiger partial charge in [-0.3, -0.25) is 4.79 Å². The monoisotopic (exact) mass is 466 g/mol. The van der Waals surface area contributed by atoms with Gasteiger partial charge in [0.05, 0.1) is 0 Å². The highest BCUT2D eigenvalue weighted by atomic mass is 16.7. The summed E-state index contributed by atoms with van der Waals surface area (Å²) in [6.07, 6.45) is 5.39. The van der Waals surface area contributed by atoms with E-state index in [1.54, 1.807) is 45.0 Å². The number of nitrogen functional groups attached to an aromatic ring is 1. The number of ether oxygens (including phenoxy) is 2. The zero-order valence-corrected chi connectivity index (χ0v) is 19.6. The third-order valence-corrected chi connectivity index (χ3v) is 4.49. The molecule has 0 aromatic heterocycles. The summed E-state index contributed by atoms with van der Waals surface area (Å²) in [5.41, 5.74) is 7.72. The summed E-state index contributed by atoms with van der Waals surface area (Å²) >= 11 is 0. The number of aliphatic carboxylic acids is 1. The Labute approximate surface area is 199 Å². The van der Waals surface area contributed by atoms with Crippen molar-refractivity contribution in [3.63, 3.8) is 0 Å². The first-order valence-electron chi connectivity index (χ1n) is 10.7. The molecule has 0 fully saturated rings. The number of anilines is 1. The van der Waals surface area contributed by atoms with E-state index in [4.69, 9.17) is 15.2 Å². The smallest absolute Gasteiger partial charge is 0.480 e. The highest BCUT2D eigenvalue weighted by Crippen LogP contribution is 2.12. The van der Waals surface area contributed by atoms with Crippen molar-refractivity contribution < 1.29 is 29.0 Å². The molecule has 0 spiro atoms. The fourth-order valence-corrected chi connectivity index (χ4v) is 2.78. The number of rotatable bonds is 8. The molecule has 180 valence electrons. The maximum Gasteiger partial charge on any atom is 0.509 e. The molecule has 0 bridgehead atoms. The van der Waals surface area contributed by atoms with Crippen molar-refractivity contribution in [3.8, 4) is 0 Å². The van der Waals surface area contributed by atoms with Gasteiger partial charge in [0.15, 0.2) is 6.04 Å². The predicted molar refractivity (Wildman–Crippen MR) is 131 cm³/mol. The molecule has 8 nitrogen and oxygen atoms in total. The molecular weight excluding hydrogens is 436 g/mol. The lowest BCUT2D eigenvalue weighted by atomic mass is 10.1. The number of nitrogens with two attached hydrogens (primary N) is 1. The molecule has 0 radical (unpaired) electrons. The van der Waals surface area contributed by atoms with Crippen molar-refractivity contribution in [3.05, 3.63) is 77.4 Å². The first-order chi connectivity index (χ1) is 15.9. The van der Waals surface area contributed by atoms with Gasteiger partial charge in [0.25, 0.3) is 5.91 Å². The van der Waals surface area contributed by atoms with Gasteiger partial charge >= 0.3 is 12.1 Å². The Morgan fingerprint density at radius 1 is 0.941 bits per heavy atom.